The topological polar surface area (TPSA) is 243 Å². The van der Waals surface area contributed by atoms with Gasteiger partial charge in [0.1, 0.15) is 24.6 Å². The number of nitrogens with one attached hydrogen (secondary N) is 1. The van der Waals surface area contributed by atoms with Gasteiger partial charge in [-0.2, -0.15) is 4.98 Å². The SMILES string of the molecule is Nc1nc2c(ncn2[C@@]23CS[C@H](COP(O)(=S)O[C@@H]4[C@@H](COP(=O)(S)O2)OC[C@]4(F)n2cnc4c(N)ncnc42)[C@H]3F)c(=O)[nH]1. The van der Waals surface area contributed by atoms with E-state index in [1.165, 1.54) is 0 Å². The van der Waals surface area contributed by atoms with Gasteiger partial charge in [0.15, 0.2) is 40.6 Å². The van der Waals surface area contributed by atoms with Crippen LogP contribution >= 0.6 is 37.5 Å². The third-order valence-electron chi connectivity index (χ3n) is 7.45. The zero-order valence-electron chi connectivity index (χ0n) is 22.4. The van der Waals surface area contributed by atoms with Crippen LogP contribution in [0.4, 0.5) is 20.5 Å². The average molecular weight is 727 g/mol. The van der Waals surface area contributed by atoms with Crippen molar-refractivity contribution in [2.24, 2.45) is 0 Å². The van der Waals surface area contributed by atoms with E-state index in [-0.39, 0.29) is 39.8 Å². The van der Waals surface area contributed by atoms with E-state index in [1.54, 1.807) is 0 Å². The second kappa shape index (κ2) is 10.9. The molecule has 0 saturated carbocycles. The molecule has 0 spiro atoms. The van der Waals surface area contributed by atoms with E-state index in [9.17, 15) is 14.3 Å². The highest BCUT2D eigenvalue weighted by Gasteiger charge is 2.60. The van der Waals surface area contributed by atoms with Crippen LogP contribution in [0.25, 0.3) is 22.3 Å². The van der Waals surface area contributed by atoms with Crippen molar-refractivity contribution in [1.82, 2.24) is 39.0 Å². The zero-order chi connectivity index (χ0) is 31.9. The molecule has 2 unspecified atom stereocenters. The predicted molar refractivity (Wildman–Crippen MR) is 161 cm³/mol. The van der Waals surface area contributed by atoms with Crippen molar-refractivity contribution in [3.63, 3.8) is 0 Å². The summed E-state index contributed by atoms with van der Waals surface area (Å²) in [4.78, 5) is 45.8. The van der Waals surface area contributed by atoms with Gasteiger partial charge >= 0.3 is 13.5 Å². The molecule has 7 rings (SSSR count). The minimum atomic E-state index is -4.56. The summed E-state index contributed by atoms with van der Waals surface area (Å²) in [5.74, 6) is -3.18. The van der Waals surface area contributed by atoms with Crippen molar-refractivity contribution in [3.8, 4) is 0 Å². The van der Waals surface area contributed by atoms with Crippen molar-refractivity contribution in [1.29, 1.82) is 0 Å². The van der Waals surface area contributed by atoms with Crippen LogP contribution in [0.5, 0.6) is 0 Å². The number of nitrogens with two attached hydrogens (primary N) is 2. The molecule has 242 valence electrons. The van der Waals surface area contributed by atoms with Crippen LogP contribution in [0.15, 0.2) is 23.8 Å². The van der Waals surface area contributed by atoms with E-state index < -0.39 is 74.0 Å². The molecule has 4 aromatic heterocycles. The van der Waals surface area contributed by atoms with E-state index in [1.807, 2.05) is 0 Å². The number of ether oxygens (including phenoxy) is 1. The van der Waals surface area contributed by atoms with Gasteiger partial charge in [-0.1, -0.05) is 12.2 Å². The molecule has 2 bridgehead atoms. The lowest BCUT2D eigenvalue weighted by molar-refractivity contribution is -0.0600. The van der Waals surface area contributed by atoms with Gasteiger partial charge in [-0.05, 0) is 11.8 Å². The maximum Gasteiger partial charge on any atom is 0.388 e. The Kier molecular flexibility index (Phi) is 7.57. The number of halogens is 2. The molecule has 25 heteroatoms. The summed E-state index contributed by atoms with van der Waals surface area (Å²) in [6, 6.07) is 0. The summed E-state index contributed by atoms with van der Waals surface area (Å²) in [5.41, 5.74) is 8.39. The van der Waals surface area contributed by atoms with Crippen molar-refractivity contribution in [2.45, 2.75) is 35.1 Å². The number of rotatable bonds is 2. The molecule has 0 radical (unpaired) electrons. The Bertz CT molecular complexity index is 1990. The Labute approximate surface area is 264 Å². The summed E-state index contributed by atoms with van der Waals surface area (Å²) < 4.78 is 77.4. The number of aromatic amines is 1. The monoisotopic (exact) mass is 726 g/mol. The molecule has 6 N–H and O–H groups in total. The van der Waals surface area contributed by atoms with E-state index in [2.05, 4.69) is 42.2 Å². The maximum absolute atomic E-state index is 17.0. The lowest BCUT2D eigenvalue weighted by atomic mass is 10.1. The number of nitrogen functional groups attached to an aromatic ring is 2. The Balaban J connectivity index is 1.28. The summed E-state index contributed by atoms with van der Waals surface area (Å²) in [7, 11) is 0. The highest BCUT2D eigenvalue weighted by Crippen LogP contribution is 2.62. The lowest BCUT2D eigenvalue weighted by Gasteiger charge is -2.34. The van der Waals surface area contributed by atoms with Crippen molar-refractivity contribution >= 4 is 83.4 Å². The predicted octanol–water partition coefficient (Wildman–Crippen LogP) is 0.955. The first-order chi connectivity index (χ1) is 21.2. The zero-order valence-corrected chi connectivity index (χ0v) is 26.7. The fourth-order valence-corrected chi connectivity index (χ4v) is 10.0. The van der Waals surface area contributed by atoms with E-state index in [0.717, 1.165) is 39.9 Å². The highest BCUT2D eigenvalue weighted by atomic mass is 32.7. The molecule has 0 aromatic carbocycles. The average Bonchev–Trinajstić information content (AvgIpc) is 3.73. The third-order valence-corrected chi connectivity index (χ3v) is 12.0. The fourth-order valence-electron chi connectivity index (χ4n) is 5.37. The Morgan fingerprint density at radius 3 is 2.71 bits per heavy atom. The van der Waals surface area contributed by atoms with E-state index >= 15 is 8.78 Å². The number of hydrogen-bond donors (Lipinski definition) is 5. The second-order valence-electron chi connectivity index (χ2n) is 10.2. The molecule has 0 amide bonds. The molecule has 18 nitrogen and oxygen atoms in total. The van der Waals surface area contributed by atoms with Crippen molar-refractivity contribution < 1.29 is 41.1 Å². The van der Waals surface area contributed by atoms with Crippen LogP contribution in [0.3, 0.4) is 0 Å². The van der Waals surface area contributed by atoms with Crippen LogP contribution in [0, 0.1) is 0 Å². The van der Waals surface area contributed by atoms with Crippen LogP contribution in [-0.2, 0) is 50.7 Å². The van der Waals surface area contributed by atoms with Gasteiger partial charge < -0.3 is 25.6 Å². The molecule has 8 atom stereocenters. The summed E-state index contributed by atoms with van der Waals surface area (Å²) in [6.07, 6.45) is -1.95. The molecular formula is C20H22F2N10O8P2S3. The number of fused-ring (bicyclic) bond motifs is 5. The highest BCUT2D eigenvalue weighted by molar-refractivity contribution is 8.44. The van der Waals surface area contributed by atoms with Gasteiger partial charge in [-0.25, -0.2) is 33.3 Å². The molecule has 7 heterocycles. The number of H-pyrrole nitrogens is 1. The maximum atomic E-state index is 17.0. The number of thiol groups is 1. The van der Waals surface area contributed by atoms with Crippen LogP contribution in [0.2, 0.25) is 0 Å². The van der Waals surface area contributed by atoms with Crippen LogP contribution in [0.1, 0.15) is 0 Å². The standard InChI is InChI=1S/C20H22F2N10O8P2S3/c21-12-9-2-38-41(34,43)39-13-8(36-3-19(13,22)31-6-27-10-14(23)25-5-26-15(10)31)1-37-42(35,44)40-20(12,4-45-9)32-7-28-11-16(32)29-18(24)30-17(11)33/h5-9,12-13H,1-4H2,(H,34,43)(H,35,44)(H2,23,25,26)(H3,24,29,30,33)/t8-,9-,12-,13-,19+,20+,41?,42?/m1/s1. The largest absolute Gasteiger partial charge is 0.388 e. The summed E-state index contributed by atoms with van der Waals surface area (Å²) in [6.45, 7) is -10.8. The second-order valence-corrected chi connectivity index (χ2v) is 17.1. The first-order valence-corrected chi connectivity index (χ1v) is 19.1. The first kappa shape index (κ1) is 31.3. The van der Waals surface area contributed by atoms with Gasteiger partial charge in [0.05, 0.1) is 31.1 Å². The normalized spacial score (nSPS) is 37.7. The fraction of sp³-hybridized carbons (Fsp3) is 0.500. The van der Waals surface area contributed by atoms with E-state index in [4.69, 9.17) is 46.1 Å². The molecule has 3 aliphatic rings. The molecular weight excluding hydrogens is 704 g/mol. The first-order valence-electron chi connectivity index (χ1n) is 12.8. The lowest BCUT2D eigenvalue weighted by Crippen LogP contribution is -2.46. The Morgan fingerprint density at radius 1 is 1.16 bits per heavy atom. The number of imidazole rings is 2. The van der Waals surface area contributed by atoms with Gasteiger partial charge in [-0.15, -0.1) is 11.8 Å². The number of aromatic nitrogens is 8. The minimum Gasteiger partial charge on any atom is -0.382 e. The third kappa shape index (κ3) is 5.17. The van der Waals surface area contributed by atoms with Crippen molar-refractivity contribution in [2.75, 3.05) is 37.0 Å². The van der Waals surface area contributed by atoms with Crippen LogP contribution < -0.4 is 17.0 Å². The molecule has 45 heavy (non-hydrogen) atoms. The molecule has 0 aliphatic carbocycles. The summed E-state index contributed by atoms with van der Waals surface area (Å²) >= 11 is 10.2. The smallest absolute Gasteiger partial charge is 0.382 e. The van der Waals surface area contributed by atoms with Gasteiger partial charge in [-0.3, -0.25) is 32.5 Å². The number of nitrogens with zero attached hydrogens (tertiary/aromatic N) is 7. The number of thioether (sulfide) groups is 1. The molecule has 4 aromatic rings. The quantitative estimate of drug-likeness (QED) is 0.143. The van der Waals surface area contributed by atoms with Crippen molar-refractivity contribution in [3.05, 3.63) is 29.3 Å². The Morgan fingerprint density at radius 2 is 1.91 bits per heavy atom. The number of anilines is 2. The van der Waals surface area contributed by atoms with Gasteiger partial charge in [0, 0.05) is 5.75 Å². The number of alkyl halides is 2. The van der Waals surface area contributed by atoms with Crippen LogP contribution in [-0.4, -0.2) is 93.1 Å². The number of hydrogen-bond acceptors (Lipinski definition) is 16. The summed E-state index contributed by atoms with van der Waals surface area (Å²) in [5, 5.41) is -1.13. The van der Waals surface area contributed by atoms with E-state index in [0.29, 0.717) is 0 Å². The molecule has 3 fully saturated rings. The van der Waals surface area contributed by atoms with Gasteiger partial charge in [0.2, 0.25) is 11.7 Å². The van der Waals surface area contributed by atoms with Gasteiger partial charge in [0.25, 0.3) is 5.56 Å². The molecule has 3 aliphatic heterocycles. The minimum absolute atomic E-state index is 0.0174. The Hall–Kier alpha value is -2.30. The molecule has 3 saturated heterocycles.